The summed E-state index contributed by atoms with van der Waals surface area (Å²) < 4.78 is 0. The topological polar surface area (TPSA) is 61.1 Å². The molecule has 0 aromatic heterocycles. The number of allylic oxidation sites excluding steroid dienone is 1. The molecule has 0 saturated heterocycles. The maximum absolute atomic E-state index is 11.9. The SMILES string of the molecule is CC1C(=O)C(C#N)=CC(O)C1Cc1ccccc1. The summed E-state index contributed by atoms with van der Waals surface area (Å²) in [4.78, 5) is 11.9. The van der Waals surface area contributed by atoms with Crippen molar-refractivity contribution in [3.63, 3.8) is 0 Å². The summed E-state index contributed by atoms with van der Waals surface area (Å²) in [6.07, 6.45) is 1.30. The zero-order chi connectivity index (χ0) is 13.1. The first-order valence-corrected chi connectivity index (χ1v) is 6.01. The third kappa shape index (κ3) is 2.34. The van der Waals surface area contributed by atoms with Gasteiger partial charge in [0.25, 0.3) is 0 Å². The van der Waals surface area contributed by atoms with Crippen LogP contribution in [0.5, 0.6) is 0 Å². The zero-order valence-corrected chi connectivity index (χ0v) is 10.2. The van der Waals surface area contributed by atoms with E-state index in [1.807, 2.05) is 36.4 Å². The maximum Gasteiger partial charge on any atom is 0.176 e. The number of aliphatic hydroxyl groups excluding tert-OH is 1. The van der Waals surface area contributed by atoms with Crippen LogP contribution in [0.1, 0.15) is 12.5 Å². The first-order chi connectivity index (χ1) is 8.63. The van der Waals surface area contributed by atoms with E-state index in [1.54, 1.807) is 6.92 Å². The summed E-state index contributed by atoms with van der Waals surface area (Å²) in [6, 6.07) is 11.6. The minimum atomic E-state index is -0.729. The number of Topliss-reactive ketones (excluding diaryl/α,β-unsaturated/α-hetero) is 1. The molecular formula is C15H15NO2. The molecular weight excluding hydrogens is 226 g/mol. The van der Waals surface area contributed by atoms with Gasteiger partial charge < -0.3 is 5.11 Å². The normalized spacial score (nSPS) is 27.5. The van der Waals surface area contributed by atoms with Crippen LogP contribution in [0.25, 0.3) is 0 Å². The number of nitriles is 1. The lowest BCUT2D eigenvalue weighted by atomic mass is 9.75. The van der Waals surface area contributed by atoms with E-state index in [0.717, 1.165) is 5.56 Å². The van der Waals surface area contributed by atoms with Crippen LogP contribution in [0.15, 0.2) is 42.0 Å². The third-order valence-corrected chi connectivity index (χ3v) is 3.53. The molecule has 1 aromatic carbocycles. The van der Waals surface area contributed by atoms with Gasteiger partial charge in [-0.2, -0.15) is 5.26 Å². The smallest absolute Gasteiger partial charge is 0.176 e. The highest BCUT2D eigenvalue weighted by Gasteiger charge is 2.35. The fourth-order valence-electron chi connectivity index (χ4n) is 2.39. The quantitative estimate of drug-likeness (QED) is 0.859. The Balaban J connectivity index is 2.22. The Morgan fingerprint density at radius 1 is 1.33 bits per heavy atom. The summed E-state index contributed by atoms with van der Waals surface area (Å²) in [5.41, 5.74) is 1.18. The molecule has 0 bridgehead atoms. The molecule has 1 aliphatic carbocycles. The van der Waals surface area contributed by atoms with Crippen LogP contribution in [0.3, 0.4) is 0 Å². The molecule has 1 aromatic rings. The standard InChI is InChI=1S/C15H15NO2/c1-10-13(7-11-5-3-2-4-6-11)14(17)8-12(9-16)15(10)18/h2-6,8,10,13-14,17H,7H2,1H3. The van der Waals surface area contributed by atoms with Gasteiger partial charge in [0.15, 0.2) is 5.78 Å². The average Bonchev–Trinajstić information content (AvgIpc) is 2.40. The molecule has 0 spiro atoms. The Kier molecular flexibility index (Phi) is 3.59. The lowest BCUT2D eigenvalue weighted by molar-refractivity contribution is -0.122. The summed E-state index contributed by atoms with van der Waals surface area (Å²) in [5, 5.41) is 18.9. The van der Waals surface area contributed by atoms with Gasteiger partial charge in [-0.1, -0.05) is 37.3 Å². The number of carbonyl (C=O) groups excluding carboxylic acids is 1. The molecule has 0 radical (unpaired) electrons. The van der Waals surface area contributed by atoms with Crippen molar-refractivity contribution in [3.8, 4) is 6.07 Å². The number of ketones is 1. The molecule has 1 aliphatic rings. The number of hydrogen-bond donors (Lipinski definition) is 1. The second kappa shape index (κ2) is 5.16. The predicted octanol–water partition coefficient (Wildman–Crippen LogP) is 1.87. The Morgan fingerprint density at radius 3 is 2.61 bits per heavy atom. The van der Waals surface area contributed by atoms with Crippen molar-refractivity contribution in [2.75, 3.05) is 0 Å². The van der Waals surface area contributed by atoms with Crippen LogP contribution in [0, 0.1) is 23.2 Å². The summed E-state index contributed by atoms with van der Waals surface area (Å²) in [5.74, 6) is -0.638. The molecule has 0 fully saturated rings. The molecule has 2 rings (SSSR count). The van der Waals surface area contributed by atoms with Gasteiger partial charge in [-0.3, -0.25) is 4.79 Å². The Morgan fingerprint density at radius 2 is 2.00 bits per heavy atom. The van der Waals surface area contributed by atoms with Crippen molar-refractivity contribution >= 4 is 5.78 Å². The van der Waals surface area contributed by atoms with E-state index in [-0.39, 0.29) is 23.2 Å². The van der Waals surface area contributed by atoms with Crippen molar-refractivity contribution in [1.29, 1.82) is 5.26 Å². The highest BCUT2D eigenvalue weighted by Crippen LogP contribution is 2.29. The zero-order valence-electron chi connectivity index (χ0n) is 10.2. The van der Waals surface area contributed by atoms with E-state index in [4.69, 9.17) is 5.26 Å². The van der Waals surface area contributed by atoms with E-state index in [1.165, 1.54) is 6.08 Å². The largest absolute Gasteiger partial charge is 0.389 e. The molecule has 0 heterocycles. The van der Waals surface area contributed by atoms with Gasteiger partial charge in [0.1, 0.15) is 6.07 Å². The van der Waals surface area contributed by atoms with Crippen LogP contribution >= 0.6 is 0 Å². The van der Waals surface area contributed by atoms with Crippen LogP contribution in [0.4, 0.5) is 0 Å². The van der Waals surface area contributed by atoms with Crippen molar-refractivity contribution in [1.82, 2.24) is 0 Å². The molecule has 18 heavy (non-hydrogen) atoms. The number of benzene rings is 1. The third-order valence-electron chi connectivity index (χ3n) is 3.53. The number of hydrogen-bond acceptors (Lipinski definition) is 3. The van der Waals surface area contributed by atoms with Gasteiger partial charge in [-0.25, -0.2) is 0 Å². The van der Waals surface area contributed by atoms with Gasteiger partial charge in [-0.15, -0.1) is 0 Å². The van der Waals surface area contributed by atoms with Crippen molar-refractivity contribution in [3.05, 3.63) is 47.5 Å². The van der Waals surface area contributed by atoms with Crippen LogP contribution in [0.2, 0.25) is 0 Å². The Labute approximate surface area is 106 Å². The Hall–Kier alpha value is -1.92. The summed E-state index contributed by atoms with van der Waals surface area (Å²) >= 11 is 0. The predicted molar refractivity (Wildman–Crippen MR) is 67.5 cm³/mol. The molecule has 0 aliphatic heterocycles. The molecule has 3 unspecified atom stereocenters. The second-order valence-corrected chi connectivity index (χ2v) is 4.69. The minimum absolute atomic E-state index is 0.0827. The lowest BCUT2D eigenvalue weighted by Crippen LogP contribution is -2.36. The van der Waals surface area contributed by atoms with Gasteiger partial charge in [0, 0.05) is 11.8 Å². The van der Waals surface area contributed by atoms with Gasteiger partial charge in [0.2, 0.25) is 0 Å². The minimum Gasteiger partial charge on any atom is -0.389 e. The number of carbonyl (C=O) groups is 1. The van der Waals surface area contributed by atoms with Crippen molar-refractivity contribution in [2.45, 2.75) is 19.4 Å². The van der Waals surface area contributed by atoms with Crippen molar-refractivity contribution < 1.29 is 9.90 Å². The van der Waals surface area contributed by atoms with E-state index in [9.17, 15) is 9.90 Å². The van der Waals surface area contributed by atoms with E-state index < -0.39 is 6.10 Å². The molecule has 0 amide bonds. The van der Waals surface area contributed by atoms with Crippen LogP contribution in [-0.2, 0) is 11.2 Å². The molecule has 3 heteroatoms. The fraction of sp³-hybridized carbons (Fsp3) is 0.333. The Bertz CT molecular complexity index is 513. The monoisotopic (exact) mass is 241 g/mol. The first kappa shape index (κ1) is 12.5. The lowest BCUT2D eigenvalue weighted by Gasteiger charge is -2.30. The van der Waals surface area contributed by atoms with E-state index in [2.05, 4.69) is 0 Å². The van der Waals surface area contributed by atoms with Crippen LogP contribution in [-0.4, -0.2) is 17.0 Å². The van der Waals surface area contributed by atoms with E-state index >= 15 is 0 Å². The molecule has 92 valence electrons. The second-order valence-electron chi connectivity index (χ2n) is 4.69. The fourth-order valence-corrected chi connectivity index (χ4v) is 2.39. The average molecular weight is 241 g/mol. The van der Waals surface area contributed by atoms with Gasteiger partial charge >= 0.3 is 0 Å². The molecule has 0 saturated carbocycles. The highest BCUT2D eigenvalue weighted by molar-refractivity contribution is 6.01. The highest BCUT2D eigenvalue weighted by atomic mass is 16.3. The number of aliphatic hydroxyl groups is 1. The molecule has 1 N–H and O–H groups in total. The van der Waals surface area contributed by atoms with Gasteiger partial charge in [0.05, 0.1) is 11.7 Å². The van der Waals surface area contributed by atoms with Crippen LogP contribution < -0.4 is 0 Å². The number of rotatable bonds is 2. The van der Waals surface area contributed by atoms with E-state index in [0.29, 0.717) is 6.42 Å². The van der Waals surface area contributed by atoms with Gasteiger partial charge in [-0.05, 0) is 18.1 Å². The maximum atomic E-state index is 11.9. The number of nitrogens with zero attached hydrogens (tertiary/aromatic N) is 1. The summed E-state index contributed by atoms with van der Waals surface area (Å²) in [6.45, 7) is 1.78. The van der Waals surface area contributed by atoms with Crippen molar-refractivity contribution in [2.24, 2.45) is 11.8 Å². The molecule has 3 nitrogen and oxygen atoms in total. The summed E-state index contributed by atoms with van der Waals surface area (Å²) in [7, 11) is 0. The first-order valence-electron chi connectivity index (χ1n) is 6.01. The molecule has 3 atom stereocenters.